The van der Waals surface area contributed by atoms with Crippen LogP contribution in [0.3, 0.4) is 0 Å². The van der Waals surface area contributed by atoms with E-state index in [1.807, 2.05) is 43.3 Å². The molecular weight excluding hydrogens is 416 g/mol. The summed E-state index contributed by atoms with van der Waals surface area (Å²) in [5.74, 6) is 0.339. The third-order valence-electron chi connectivity index (χ3n) is 4.17. The van der Waals surface area contributed by atoms with Gasteiger partial charge >= 0.3 is 0 Å². The van der Waals surface area contributed by atoms with Crippen LogP contribution in [0.25, 0.3) is 0 Å². The lowest BCUT2D eigenvalue weighted by molar-refractivity contribution is -0.121. The number of carbonyl (C=O) groups is 1. The van der Waals surface area contributed by atoms with Crippen LogP contribution in [-0.2, 0) is 21.2 Å². The van der Waals surface area contributed by atoms with Gasteiger partial charge in [0.2, 0.25) is 15.9 Å². The van der Waals surface area contributed by atoms with Crippen LogP contribution < -0.4 is 9.62 Å². The molecule has 1 amide bonds. The number of aryl methyl sites for hydroxylation is 1. The highest BCUT2D eigenvalue weighted by molar-refractivity contribution is 7.99. The first-order chi connectivity index (χ1) is 13.2. The second kappa shape index (κ2) is 10.2. The normalized spacial score (nSPS) is 12.4. The molecule has 2 aromatic rings. The summed E-state index contributed by atoms with van der Waals surface area (Å²) in [6, 6.07) is 13.9. The van der Waals surface area contributed by atoms with Gasteiger partial charge in [-0.2, -0.15) is 0 Å². The molecule has 1 unspecified atom stereocenters. The first kappa shape index (κ1) is 22.6. The van der Waals surface area contributed by atoms with E-state index >= 15 is 0 Å². The van der Waals surface area contributed by atoms with Crippen molar-refractivity contribution < 1.29 is 13.2 Å². The van der Waals surface area contributed by atoms with E-state index in [1.165, 1.54) is 0 Å². The van der Waals surface area contributed by atoms with Gasteiger partial charge in [0.25, 0.3) is 0 Å². The van der Waals surface area contributed by atoms with Gasteiger partial charge < -0.3 is 5.32 Å². The molecule has 0 aliphatic rings. The summed E-state index contributed by atoms with van der Waals surface area (Å²) in [6.07, 6.45) is 1.97. The molecule has 0 heterocycles. The summed E-state index contributed by atoms with van der Waals surface area (Å²) < 4.78 is 25.8. The topological polar surface area (TPSA) is 66.5 Å². The molecule has 5 nitrogen and oxygen atoms in total. The summed E-state index contributed by atoms with van der Waals surface area (Å²) in [5.41, 5.74) is 1.59. The molecule has 0 saturated heterocycles. The molecule has 1 N–H and O–H groups in total. The van der Waals surface area contributed by atoms with Gasteiger partial charge in [0, 0.05) is 22.2 Å². The molecule has 0 aliphatic heterocycles. The van der Waals surface area contributed by atoms with Crippen LogP contribution in [0.2, 0.25) is 5.02 Å². The number of nitrogens with one attached hydrogen (secondary N) is 1. The molecule has 0 aliphatic carbocycles. The average Bonchev–Trinajstić information content (AvgIpc) is 2.66. The second-order valence-electron chi connectivity index (χ2n) is 6.35. The van der Waals surface area contributed by atoms with Gasteiger partial charge in [-0.05, 0) is 55.3 Å². The number of benzene rings is 2. The highest BCUT2D eigenvalue weighted by Crippen LogP contribution is 2.22. The smallest absolute Gasteiger partial charge is 0.243 e. The Morgan fingerprint density at radius 2 is 1.75 bits per heavy atom. The Morgan fingerprint density at radius 3 is 2.29 bits per heavy atom. The molecule has 152 valence electrons. The van der Waals surface area contributed by atoms with Crippen LogP contribution in [0.4, 0.5) is 5.69 Å². The Morgan fingerprint density at radius 1 is 1.14 bits per heavy atom. The van der Waals surface area contributed by atoms with Gasteiger partial charge in [-0.25, -0.2) is 8.42 Å². The monoisotopic (exact) mass is 440 g/mol. The third-order valence-corrected chi connectivity index (χ3v) is 6.68. The van der Waals surface area contributed by atoms with E-state index < -0.39 is 16.1 Å². The molecule has 0 radical (unpaired) electrons. The number of hydrogen-bond donors (Lipinski definition) is 1. The van der Waals surface area contributed by atoms with Crippen molar-refractivity contribution in [2.24, 2.45) is 0 Å². The van der Waals surface area contributed by atoms with E-state index in [9.17, 15) is 13.2 Å². The fourth-order valence-electron chi connectivity index (χ4n) is 2.71. The molecule has 0 bridgehead atoms. The van der Waals surface area contributed by atoms with E-state index in [2.05, 4.69) is 5.32 Å². The summed E-state index contributed by atoms with van der Waals surface area (Å²) in [4.78, 5) is 13.6. The number of rotatable bonds is 9. The Balaban J connectivity index is 1.97. The van der Waals surface area contributed by atoms with E-state index in [0.717, 1.165) is 27.4 Å². The van der Waals surface area contributed by atoms with Crippen LogP contribution in [0, 0.1) is 0 Å². The highest BCUT2D eigenvalue weighted by Gasteiger charge is 2.28. The van der Waals surface area contributed by atoms with Crippen molar-refractivity contribution in [2.45, 2.75) is 31.2 Å². The van der Waals surface area contributed by atoms with Gasteiger partial charge in [-0.3, -0.25) is 9.10 Å². The molecule has 8 heteroatoms. The SMILES string of the molecule is CCc1ccc(N(C(C)C(=O)NCCSc2ccc(Cl)cc2)S(C)(=O)=O)cc1. The van der Waals surface area contributed by atoms with Gasteiger partial charge in [0.15, 0.2) is 0 Å². The number of anilines is 1. The third kappa shape index (κ3) is 6.43. The summed E-state index contributed by atoms with van der Waals surface area (Å²) in [5, 5.41) is 3.50. The fourth-order valence-corrected chi connectivity index (χ4v) is 4.78. The van der Waals surface area contributed by atoms with Crippen molar-refractivity contribution in [3.05, 3.63) is 59.1 Å². The predicted molar refractivity (Wildman–Crippen MR) is 118 cm³/mol. The standard InChI is InChI=1S/C20H25ClN2O3S2/c1-4-16-5-9-18(10-6-16)23(28(3,25)26)15(2)20(24)22-13-14-27-19-11-7-17(21)8-12-19/h5-12,15H,4,13-14H2,1-3H3,(H,22,24). The maximum Gasteiger partial charge on any atom is 0.243 e. The van der Waals surface area contributed by atoms with Crippen LogP contribution in [0.5, 0.6) is 0 Å². The number of nitrogens with zero attached hydrogens (tertiary/aromatic N) is 1. The largest absolute Gasteiger partial charge is 0.353 e. The molecule has 0 spiro atoms. The maximum absolute atomic E-state index is 12.5. The van der Waals surface area contributed by atoms with Crippen LogP contribution >= 0.6 is 23.4 Å². The van der Waals surface area contributed by atoms with Crippen molar-refractivity contribution >= 4 is 45.0 Å². The number of amides is 1. The lowest BCUT2D eigenvalue weighted by Gasteiger charge is -2.28. The predicted octanol–water partition coefficient (Wildman–Crippen LogP) is 3.97. The molecule has 1 atom stereocenters. The van der Waals surface area contributed by atoms with E-state index in [0.29, 0.717) is 23.0 Å². The number of hydrogen-bond acceptors (Lipinski definition) is 4. The van der Waals surface area contributed by atoms with Crippen molar-refractivity contribution in [3.63, 3.8) is 0 Å². The molecule has 0 saturated carbocycles. The van der Waals surface area contributed by atoms with Crippen molar-refractivity contribution in [1.29, 1.82) is 0 Å². The van der Waals surface area contributed by atoms with Crippen molar-refractivity contribution in [2.75, 3.05) is 22.9 Å². The maximum atomic E-state index is 12.5. The Labute approximate surface area is 176 Å². The zero-order valence-electron chi connectivity index (χ0n) is 16.2. The summed E-state index contributed by atoms with van der Waals surface area (Å²) in [7, 11) is -3.60. The van der Waals surface area contributed by atoms with Crippen LogP contribution in [-0.4, -0.2) is 38.9 Å². The van der Waals surface area contributed by atoms with Gasteiger partial charge in [-0.1, -0.05) is 30.7 Å². The van der Waals surface area contributed by atoms with Gasteiger partial charge in [0.1, 0.15) is 6.04 Å². The summed E-state index contributed by atoms with van der Waals surface area (Å²) >= 11 is 7.46. The highest BCUT2D eigenvalue weighted by atomic mass is 35.5. The lowest BCUT2D eigenvalue weighted by Crippen LogP contribution is -2.48. The summed E-state index contributed by atoms with van der Waals surface area (Å²) in [6.45, 7) is 4.06. The van der Waals surface area contributed by atoms with E-state index in [-0.39, 0.29) is 5.91 Å². The first-order valence-corrected chi connectivity index (χ1v) is 12.2. The minimum absolute atomic E-state index is 0.332. The van der Waals surface area contributed by atoms with E-state index in [4.69, 9.17) is 11.6 Å². The second-order valence-corrected chi connectivity index (χ2v) is 9.81. The van der Waals surface area contributed by atoms with Crippen molar-refractivity contribution in [3.8, 4) is 0 Å². The fraction of sp³-hybridized carbons (Fsp3) is 0.350. The van der Waals surface area contributed by atoms with Crippen LogP contribution in [0.1, 0.15) is 19.4 Å². The number of sulfonamides is 1. The van der Waals surface area contributed by atoms with E-state index in [1.54, 1.807) is 30.8 Å². The quantitative estimate of drug-likeness (QED) is 0.473. The number of thioether (sulfide) groups is 1. The molecule has 28 heavy (non-hydrogen) atoms. The Hall–Kier alpha value is -1.70. The van der Waals surface area contributed by atoms with Gasteiger partial charge in [0.05, 0.1) is 11.9 Å². The molecular formula is C20H25ClN2O3S2. The minimum atomic E-state index is -3.60. The molecule has 0 fully saturated rings. The van der Waals surface area contributed by atoms with Crippen LogP contribution in [0.15, 0.2) is 53.4 Å². The number of carbonyl (C=O) groups excluding carboxylic acids is 1. The lowest BCUT2D eigenvalue weighted by atomic mass is 10.1. The Kier molecular flexibility index (Phi) is 8.22. The van der Waals surface area contributed by atoms with Gasteiger partial charge in [-0.15, -0.1) is 11.8 Å². The zero-order chi connectivity index (χ0) is 20.7. The average molecular weight is 441 g/mol. The minimum Gasteiger partial charge on any atom is -0.353 e. The number of halogens is 1. The first-order valence-electron chi connectivity index (χ1n) is 8.96. The molecule has 0 aromatic heterocycles. The molecule has 2 aromatic carbocycles. The zero-order valence-corrected chi connectivity index (χ0v) is 18.6. The molecule has 2 rings (SSSR count). The van der Waals surface area contributed by atoms with Crippen molar-refractivity contribution in [1.82, 2.24) is 5.32 Å². The Bertz CT molecular complexity index is 885.